The van der Waals surface area contributed by atoms with Gasteiger partial charge < -0.3 is 16.2 Å². The summed E-state index contributed by atoms with van der Waals surface area (Å²) in [6.07, 6.45) is 0.841. The molecule has 0 aliphatic heterocycles. The number of nitrogens with one attached hydrogen (secondary N) is 1. The lowest BCUT2D eigenvalue weighted by Gasteiger charge is -2.09. The van der Waals surface area contributed by atoms with Crippen molar-refractivity contribution in [3.63, 3.8) is 0 Å². The van der Waals surface area contributed by atoms with Crippen molar-refractivity contribution in [2.24, 2.45) is 0 Å². The van der Waals surface area contributed by atoms with E-state index in [1.165, 1.54) is 6.07 Å². The molecule has 0 radical (unpaired) electrons. The molecular formula is C15H15BrN2O2. The minimum absolute atomic E-state index is 0.0741. The highest BCUT2D eigenvalue weighted by Crippen LogP contribution is 2.24. The van der Waals surface area contributed by atoms with Gasteiger partial charge in [0, 0.05) is 15.8 Å². The number of hydrogen-bond acceptors (Lipinski definition) is 3. The first-order chi connectivity index (χ1) is 9.51. The molecule has 2 aromatic carbocycles. The van der Waals surface area contributed by atoms with Crippen molar-refractivity contribution in [3.8, 4) is 5.75 Å². The van der Waals surface area contributed by atoms with Crippen molar-refractivity contribution >= 4 is 33.2 Å². The Hall–Kier alpha value is -2.01. The smallest absolute Gasteiger partial charge is 0.259 e. The standard InChI is InChI=1S/C15H15BrN2O2/c1-2-9-3-5-11(8-13(9)17)18-15(20)12-6-4-10(16)7-14(12)19/h3-8,19H,2,17H2,1H3,(H,18,20). The summed E-state index contributed by atoms with van der Waals surface area (Å²) < 4.78 is 0.711. The van der Waals surface area contributed by atoms with Gasteiger partial charge in [-0.2, -0.15) is 0 Å². The Labute approximate surface area is 125 Å². The molecule has 0 saturated heterocycles. The maximum absolute atomic E-state index is 12.1. The predicted octanol–water partition coefficient (Wildman–Crippen LogP) is 3.55. The number of benzene rings is 2. The van der Waals surface area contributed by atoms with Crippen LogP contribution in [-0.2, 0) is 6.42 Å². The van der Waals surface area contributed by atoms with Gasteiger partial charge in [-0.3, -0.25) is 4.79 Å². The molecule has 1 amide bonds. The molecule has 2 aromatic rings. The molecule has 0 fully saturated rings. The Morgan fingerprint density at radius 3 is 2.65 bits per heavy atom. The average Bonchev–Trinajstić information content (AvgIpc) is 2.38. The first-order valence-electron chi connectivity index (χ1n) is 6.19. The predicted molar refractivity (Wildman–Crippen MR) is 84.0 cm³/mol. The average molecular weight is 335 g/mol. The van der Waals surface area contributed by atoms with Crippen LogP contribution >= 0.6 is 15.9 Å². The van der Waals surface area contributed by atoms with Crippen LogP contribution < -0.4 is 11.1 Å². The number of halogens is 1. The summed E-state index contributed by atoms with van der Waals surface area (Å²) in [6.45, 7) is 2.02. The summed E-state index contributed by atoms with van der Waals surface area (Å²) in [5.74, 6) is -0.450. The number of nitrogen functional groups attached to an aromatic ring is 1. The fourth-order valence-corrected chi connectivity index (χ4v) is 2.24. The van der Waals surface area contributed by atoms with Gasteiger partial charge in [-0.25, -0.2) is 0 Å². The summed E-state index contributed by atoms with van der Waals surface area (Å²) in [5.41, 5.74) is 8.39. The third kappa shape index (κ3) is 3.11. The van der Waals surface area contributed by atoms with Gasteiger partial charge in [-0.15, -0.1) is 0 Å². The summed E-state index contributed by atoms with van der Waals surface area (Å²) >= 11 is 3.23. The topological polar surface area (TPSA) is 75.3 Å². The number of carbonyl (C=O) groups excluding carboxylic acids is 1. The summed E-state index contributed by atoms with van der Waals surface area (Å²) in [5, 5.41) is 12.5. The Morgan fingerprint density at radius 2 is 2.05 bits per heavy atom. The first-order valence-corrected chi connectivity index (χ1v) is 6.99. The second kappa shape index (κ2) is 5.96. The molecule has 4 N–H and O–H groups in total. The van der Waals surface area contributed by atoms with Crippen molar-refractivity contribution in [1.29, 1.82) is 0 Å². The number of phenolic OH excluding ortho intramolecular Hbond substituents is 1. The van der Waals surface area contributed by atoms with Crippen LogP contribution in [-0.4, -0.2) is 11.0 Å². The molecule has 104 valence electrons. The van der Waals surface area contributed by atoms with Crippen LogP contribution in [0.3, 0.4) is 0 Å². The van der Waals surface area contributed by atoms with Crippen molar-refractivity contribution < 1.29 is 9.90 Å². The molecule has 0 aliphatic carbocycles. The Kier molecular flexibility index (Phi) is 4.29. The third-order valence-electron chi connectivity index (χ3n) is 2.99. The normalized spacial score (nSPS) is 10.3. The Morgan fingerprint density at radius 1 is 1.30 bits per heavy atom. The molecule has 0 unspecified atom stereocenters. The molecule has 20 heavy (non-hydrogen) atoms. The lowest BCUT2D eigenvalue weighted by Crippen LogP contribution is -2.12. The summed E-state index contributed by atoms with van der Waals surface area (Å²) in [6, 6.07) is 10.1. The van der Waals surface area contributed by atoms with Gasteiger partial charge in [0.25, 0.3) is 5.91 Å². The minimum Gasteiger partial charge on any atom is -0.507 e. The number of amides is 1. The Bertz CT molecular complexity index is 656. The number of hydrogen-bond donors (Lipinski definition) is 3. The Balaban J connectivity index is 2.21. The molecule has 0 aliphatic rings. The van der Waals surface area contributed by atoms with Gasteiger partial charge in [-0.05, 0) is 42.3 Å². The minimum atomic E-state index is -0.376. The number of carbonyl (C=O) groups is 1. The van der Waals surface area contributed by atoms with Crippen LogP contribution in [0, 0.1) is 0 Å². The largest absolute Gasteiger partial charge is 0.507 e. The van der Waals surface area contributed by atoms with Crippen LogP contribution in [0.2, 0.25) is 0 Å². The van der Waals surface area contributed by atoms with Crippen molar-refractivity contribution in [1.82, 2.24) is 0 Å². The number of aryl methyl sites for hydroxylation is 1. The van der Waals surface area contributed by atoms with E-state index in [0.717, 1.165) is 12.0 Å². The van der Waals surface area contributed by atoms with Crippen LogP contribution in [0.1, 0.15) is 22.8 Å². The molecule has 2 rings (SSSR count). The highest BCUT2D eigenvalue weighted by molar-refractivity contribution is 9.10. The molecule has 0 spiro atoms. The van der Waals surface area contributed by atoms with Crippen LogP contribution in [0.25, 0.3) is 0 Å². The molecule has 5 heteroatoms. The van der Waals surface area contributed by atoms with Crippen molar-refractivity contribution in [3.05, 3.63) is 52.0 Å². The van der Waals surface area contributed by atoms with Gasteiger partial charge in [-0.1, -0.05) is 28.9 Å². The molecule has 0 bridgehead atoms. The lowest BCUT2D eigenvalue weighted by atomic mass is 10.1. The van der Waals surface area contributed by atoms with Gasteiger partial charge >= 0.3 is 0 Å². The fraction of sp³-hybridized carbons (Fsp3) is 0.133. The van der Waals surface area contributed by atoms with E-state index in [4.69, 9.17) is 5.73 Å². The monoisotopic (exact) mass is 334 g/mol. The SMILES string of the molecule is CCc1ccc(NC(=O)c2ccc(Br)cc2O)cc1N. The number of nitrogens with two attached hydrogens (primary N) is 1. The zero-order valence-corrected chi connectivity index (χ0v) is 12.6. The second-order valence-electron chi connectivity index (χ2n) is 4.38. The van der Waals surface area contributed by atoms with Crippen molar-refractivity contribution in [2.75, 3.05) is 11.1 Å². The highest BCUT2D eigenvalue weighted by Gasteiger charge is 2.12. The summed E-state index contributed by atoms with van der Waals surface area (Å²) in [4.78, 5) is 12.1. The molecule has 0 saturated carbocycles. The van der Waals surface area contributed by atoms with E-state index >= 15 is 0 Å². The molecule has 0 heterocycles. The zero-order chi connectivity index (χ0) is 14.7. The molecular weight excluding hydrogens is 320 g/mol. The van der Waals surface area contributed by atoms with Crippen LogP contribution in [0.15, 0.2) is 40.9 Å². The number of anilines is 2. The van der Waals surface area contributed by atoms with Gasteiger partial charge in [0.05, 0.1) is 5.56 Å². The number of rotatable bonds is 3. The van der Waals surface area contributed by atoms with Gasteiger partial charge in [0.2, 0.25) is 0 Å². The van der Waals surface area contributed by atoms with E-state index in [-0.39, 0.29) is 17.2 Å². The van der Waals surface area contributed by atoms with E-state index in [2.05, 4.69) is 21.2 Å². The van der Waals surface area contributed by atoms with E-state index < -0.39 is 0 Å². The zero-order valence-electron chi connectivity index (χ0n) is 11.0. The first kappa shape index (κ1) is 14.4. The third-order valence-corrected chi connectivity index (χ3v) is 3.48. The van der Waals surface area contributed by atoms with E-state index in [1.54, 1.807) is 24.3 Å². The highest BCUT2D eigenvalue weighted by atomic mass is 79.9. The fourth-order valence-electron chi connectivity index (χ4n) is 1.89. The maximum Gasteiger partial charge on any atom is 0.259 e. The maximum atomic E-state index is 12.1. The number of phenols is 1. The summed E-state index contributed by atoms with van der Waals surface area (Å²) in [7, 11) is 0. The quantitative estimate of drug-likeness (QED) is 0.751. The van der Waals surface area contributed by atoms with E-state index in [0.29, 0.717) is 15.8 Å². The second-order valence-corrected chi connectivity index (χ2v) is 5.30. The molecule has 0 aromatic heterocycles. The lowest BCUT2D eigenvalue weighted by molar-refractivity contribution is 0.102. The van der Waals surface area contributed by atoms with Crippen molar-refractivity contribution in [2.45, 2.75) is 13.3 Å². The van der Waals surface area contributed by atoms with E-state index in [9.17, 15) is 9.90 Å². The van der Waals surface area contributed by atoms with Crippen LogP contribution in [0.4, 0.5) is 11.4 Å². The van der Waals surface area contributed by atoms with E-state index in [1.807, 2.05) is 13.0 Å². The van der Waals surface area contributed by atoms with Gasteiger partial charge in [0.1, 0.15) is 5.75 Å². The molecule has 0 atom stereocenters. The van der Waals surface area contributed by atoms with Gasteiger partial charge in [0.15, 0.2) is 0 Å². The molecule has 4 nitrogen and oxygen atoms in total. The number of aromatic hydroxyl groups is 1. The van der Waals surface area contributed by atoms with Crippen LogP contribution in [0.5, 0.6) is 5.75 Å².